The highest BCUT2D eigenvalue weighted by Crippen LogP contribution is 2.17. The Balaban J connectivity index is 2.36. The van der Waals surface area contributed by atoms with Crippen molar-refractivity contribution in [3.63, 3.8) is 0 Å². The lowest BCUT2D eigenvalue weighted by Crippen LogP contribution is -2.36. The van der Waals surface area contributed by atoms with Crippen molar-refractivity contribution in [1.82, 2.24) is 5.32 Å². The molecule has 100 valence electrons. The number of hydrogen-bond acceptors (Lipinski definition) is 3. The average molecular weight is 251 g/mol. The van der Waals surface area contributed by atoms with Gasteiger partial charge in [0.2, 0.25) is 5.91 Å². The summed E-state index contributed by atoms with van der Waals surface area (Å²) in [6, 6.07) is 7.01. The number of aromatic hydroxyl groups is 1. The van der Waals surface area contributed by atoms with Crippen molar-refractivity contribution < 1.29 is 15.0 Å². The number of phenols is 1. The fraction of sp³-hybridized carbons (Fsp3) is 0.500. The van der Waals surface area contributed by atoms with Gasteiger partial charge in [-0.25, -0.2) is 0 Å². The van der Waals surface area contributed by atoms with Crippen LogP contribution in [0.4, 0.5) is 0 Å². The number of rotatable bonds is 6. The Bertz CT molecular complexity index is 402. The Hall–Kier alpha value is -1.55. The van der Waals surface area contributed by atoms with Gasteiger partial charge >= 0.3 is 0 Å². The number of para-hydroxylation sites is 1. The van der Waals surface area contributed by atoms with Gasteiger partial charge in [0.1, 0.15) is 5.75 Å². The minimum atomic E-state index is -0.301. The van der Waals surface area contributed by atoms with Crippen LogP contribution < -0.4 is 5.32 Å². The molecule has 0 heterocycles. The van der Waals surface area contributed by atoms with E-state index in [4.69, 9.17) is 5.11 Å². The molecule has 0 atom stereocenters. The second-order valence-corrected chi connectivity index (χ2v) is 5.23. The van der Waals surface area contributed by atoms with E-state index in [1.54, 1.807) is 18.2 Å². The second-order valence-electron chi connectivity index (χ2n) is 5.23. The van der Waals surface area contributed by atoms with Gasteiger partial charge in [-0.05, 0) is 18.1 Å². The van der Waals surface area contributed by atoms with Gasteiger partial charge in [0.05, 0.1) is 0 Å². The Morgan fingerprint density at radius 3 is 2.61 bits per heavy atom. The van der Waals surface area contributed by atoms with Gasteiger partial charge in [0.25, 0.3) is 0 Å². The largest absolute Gasteiger partial charge is 0.508 e. The van der Waals surface area contributed by atoms with Crippen molar-refractivity contribution in [1.29, 1.82) is 0 Å². The van der Waals surface area contributed by atoms with E-state index in [0.717, 1.165) is 5.56 Å². The normalized spacial score (nSPS) is 11.3. The van der Waals surface area contributed by atoms with E-state index < -0.39 is 0 Å². The molecule has 0 unspecified atom stereocenters. The van der Waals surface area contributed by atoms with Gasteiger partial charge in [-0.3, -0.25) is 4.79 Å². The van der Waals surface area contributed by atoms with Crippen molar-refractivity contribution >= 4 is 5.91 Å². The lowest BCUT2D eigenvalue weighted by atomic mass is 9.95. The molecule has 0 bridgehead atoms. The highest BCUT2D eigenvalue weighted by atomic mass is 16.3. The monoisotopic (exact) mass is 251 g/mol. The Morgan fingerprint density at radius 1 is 1.33 bits per heavy atom. The van der Waals surface area contributed by atoms with Gasteiger partial charge < -0.3 is 15.5 Å². The van der Waals surface area contributed by atoms with Crippen LogP contribution in [0.1, 0.15) is 25.8 Å². The van der Waals surface area contributed by atoms with Crippen LogP contribution in [0.5, 0.6) is 5.75 Å². The van der Waals surface area contributed by atoms with Gasteiger partial charge in [-0.15, -0.1) is 0 Å². The third-order valence-electron chi connectivity index (χ3n) is 2.81. The Labute approximate surface area is 108 Å². The molecule has 0 aliphatic heterocycles. The van der Waals surface area contributed by atoms with Crippen molar-refractivity contribution in [2.75, 3.05) is 13.2 Å². The lowest BCUT2D eigenvalue weighted by molar-refractivity contribution is -0.121. The summed E-state index contributed by atoms with van der Waals surface area (Å²) in [7, 11) is 0. The first-order valence-corrected chi connectivity index (χ1v) is 6.09. The van der Waals surface area contributed by atoms with E-state index in [-0.39, 0.29) is 23.7 Å². The first-order chi connectivity index (χ1) is 8.44. The fourth-order valence-electron chi connectivity index (χ4n) is 1.45. The molecule has 0 spiro atoms. The highest BCUT2D eigenvalue weighted by molar-refractivity contribution is 5.76. The standard InChI is InChI=1S/C14H21NO3/c1-14(2,10-16)9-15-13(18)8-7-11-5-3-4-6-12(11)17/h3-6,16-17H,7-10H2,1-2H3,(H,15,18). The minimum Gasteiger partial charge on any atom is -0.508 e. The number of amides is 1. The number of aliphatic hydroxyl groups is 1. The zero-order valence-electron chi connectivity index (χ0n) is 10.9. The van der Waals surface area contributed by atoms with Crippen LogP contribution in [-0.2, 0) is 11.2 Å². The number of carbonyl (C=O) groups excluding carboxylic acids is 1. The van der Waals surface area contributed by atoms with Crippen LogP contribution in [0.25, 0.3) is 0 Å². The van der Waals surface area contributed by atoms with Crippen LogP contribution >= 0.6 is 0 Å². The molecular formula is C14H21NO3. The lowest BCUT2D eigenvalue weighted by Gasteiger charge is -2.21. The quantitative estimate of drug-likeness (QED) is 0.717. The summed E-state index contributed by atoms with van der Waals surface area (Å²) >= 11 is 0. The van der Waals surface area contributed by atoms with E-state index >= 15 is 0 Å². The summed E-state index contributed by atoms with van der Waals surface area (Å²) in [6.45, 7) is 4.25. The summed E-state index contributed by atoms with van der Waals surface area (Å²) in [5.41, 5.74) is 0.471. The SMILES string of the molecule is CC(C)(CO)CNC(=O)CCc1ccccc1O. The van der Waals surface area contributed by atoms with Gasteiger partial charge in [0, 0.05) is 25.0 Å². The van der Waals surface area contributed by atoms with Crippen LogP contribution in [0.15, 0.2) is 24.3 Å². The fourth-order valence-corrected chi connectivity index (χ4v) is 1.45. The molecular weight excluding hydrogens is 230 g/mol. The van der Waals surface area contributed by atoms with E-state index in [2.05, 4.69) is 5.32 Å². The highest BCUT2D eigenvalue weighted by Gasteiger charge is 2.17. The molecule has 0 saturated carbocycles. The summed E-state index contributed by atoms with van der Waals surface area (Å²) < 4.78 is 0. The van der Waals surface area contributed by atoms with Gasteiger partial charge in [-0.2, -0.15) is 0 Å². The van der Waals surface area contributed by atoms with Crippen LogP contribution in [-0.4, -0.2) is 29.3 Å². The summed E-state index contributed by atoms with van der Waals surface area (Å²) in [6.07, 6.45) is 0.844. The molecule has 1 aromatic carbocycles. The van der Waals surface area contributed by atoms with Crippen molar-refractivity contribution in [3.05, 3.63) is 29.8 Å². The van der Waals surface area contributed by atoms with E-state index in [1.807, 2.05) is 19.9 Å². The molecule has 4 nitrogen and oxygen atoms in total. The first kappa shape index (κ1) is 14.5. The molecule has 0 aromatic heterocycles. The third kappa shape index (κ3) is 4.75. The molecule has 1 aromatic rings. The smallest absolute Gasteiger partial charge is 0.220 e. The number of aliphatic hydroxyl groups excluding tert-OH is 1. The second kappa shape index (κ2) is 6.40. The molecule has 1 rings (SSSR count). The van der Waals surface area contributed by atoms with Crippen LogP contribution in [0.3, 0.4) is 0 Å². The van der Waals surface area contributed by atoms with Crippen molar-refractivity contribution in [2.45, 2.75) is 26.7 Å². The molecule has 3 N–H and O–H groups in total. The zero-order chi connectivity index (χ0) is 13.6. The van der Waals surface area contributed by atoms with Gasteiger partial charge in [-0.1, -0.05) is 32.0 Å². The summed E-state index contributed by atoms with van der Waals surface area (Å²) in [5.74, 6) is 0.153. The first-order valence-electron chi connectivity index (χ1n) is 6.09. The number of nitrogens with one attached hydrogen (secondary N) is 1. The Kier molecular flexibility index (Phi) is 5.16. The van der Waals surface area contributed by atoms with Crippen LogP contribution in [0, 0.1) is 5.41 Å². The molecule has 0 radical (unpaired) electrons. The predicted octanol–water partition coefficient (Wildman–Crippen LogP) is 1.46. The summed E-state index contributed by atoms with van der Waals surface area (Å²) in [4.78, 5) is 11.6. The number of phenolic OH excluding ortho intramolecular Hbond substituents is 1. The van der Waals surface area contributed by atoms with Crippen molar-refractivity contribution in [2.24, 2.45) is 5.41 Å². The van der Waals surface area contributed by atoms with E-state index in [1.165, 1.54) is 0 Å². The maximum atomic E-state index is 11.6. The zero-order valence-corrected chi connectivity index (χ0v) is 10.9. The number of aryl methyl sites for hydroxylation is 1. The van der Waals surface area contributed by atoms with E-state index in [9.17, 15) is 9.90 Å². The number of hydrogen-bond donors (Lipinski definition) is 3. The minimum absolute atomic E-state index is 0.0345. The topological polar surface area (TPSA) is 69.6 Å². The summed E-state index contributed by atoms with van der Waals surface area (Å²) in [5, 5.41) is 21.4. The van der Waals surface area contributed by atoms with E-state index in [0.29, 0.717) is 19.4 Å². The van der Waals surface area contributed by atoms with Crippen LogP contribution in [0.2, 0.25) is 0 Å². The molecule has 0 aliphatic rings. The average Bonchev–Trinajstić information content (AvgIpc) is 2.35. The van der Waals surface area contributed by atoms with Gasteiger partial charge in [0.15, 0.2) is 0 Å². The maximum Gasteiger partial charge on any atom is 0.220 e. The molecule has 18 heavy (non-hydrogen) atoms. The Morgan fingerprint density at radius 2 is 2.00 bits per heavy atom. The molecule has 0 fully saturated rings. The maximum absolute atomic E-state index is 11.6. The molecule has 4 heteroatoms. The number of carbonyl (C=O) groups is 1. The molecule has 0 saturated heterocycles. The van der Waals surface area contributed by atoms with Crippen molar-refractivity contribution in [3.8, 4) is 5.75 Å². The molecule has 0 aliphatic carbocycles. The predicted molar refractivity (Wildman–Crippen MR) is 70.3 cm³/mol. The third-order valence-corrected chi connectivity index (χ3v) is 2.81. The number of benzene rings is 1. The molecule has 1 amide bonds.